The second-order valence-corrected chi connectivity index (χ2v) is 8.10. The highest BCUT2D eigenvalue weighted by Gasteiger charge is 2.16. The summed E-state index contributed by atoms with van der Waals surface area (Å²) in [7, 11) is 0. The van der Waals surface area contributed by atoms with E-state index >= 15 is 0 Å². The van der Waals surface area contributed by atoms with E-state index in [1.165, 1.54) is 48.1 Å². The van der Waals surface area contributed by atoms with Gasteiger partial charge in [-0.2, -0.15) is 0 Å². The lowest BCUT2D eigenvalue weighted by Crippen LogP contribution is -2.16. The second-order valence-electron chi connectivity index (χ2n) is 8.10. The first kappa shape index (κ1) is 22.2. The van der Waals surface area contributed by atoms with Gasteiger partial charge in [0.2, 0.25) is 0 Å². The Labute approximate surface area is 179 Å². The molecule has 0 radical (unpaired) electrons. The summed E-state index contributed by atoms with van der Waals surface area (Å²) in [4.78, 5) is 0. The Bertz CT molecular complexity index is 960. The van der Waals surface area contributed by atoms with E-state index in [4.69, 9.17) is 5.73 Å². The highest BCUT2D eigenvalue weighted by atomic mass is 19.1. The van der Waals surface area contributed by atoms with Gasteiger partial charge >= 0.3 is 0 Å². The van der Waals surface area contributed by atoms with E-state index in [0.29, 0.717) is 18.5 Å². The number of halogens is 2. The zero-order chi connectivity index (χ0) is 21.5. The molecule has 0 saturated carbocycles. The lowest BCUT2D eigenvalue weighted by molar-refractivity contribution is 0.575. The lowest BCUT2D eigenvalue weighted by atomic mass is 9.86. The van der Waals surface area contributed by atoms with Gasteiger partial charge in [-0.15, -0.1) is 0 Å². The summed E-state index contributed by atoms with van der Waals surface area (Å²) < 4.78 is 27.2. The van der Waals surface area contributed by atoms with E-state index < -0.39 is 11.6 Å². The van der Waals surface area contributed by atoms with Crippen molar-refractivity contribution in [2.24, 2.45) is 5.73 Å². The zero-order valence-electron chi connectivity index (χ0n) is 17.9. The van der Waals surface area contributed by atoms with Crippen molar-refractivity contribution in [1.29, 1.82) is 0 Å². The van der Waals surface area contributed by atoms with Crippen LogP contribution in [0.25, 0.3) is 11.1 Å². The standard InChI is InChI=1S/C27H31F2N/c1-3-4-5-8-21-9-6-7-10-27(21)22-11-12-26(19(2)13-22)23(18-30)14-20-15-24(28)17-25(29)16-20/h6-7,9-13,15-17,23H,3-5,8,14,18,30H2,1-2H3. The van der Waals surface area contributed by atoms with E-state index in [2.05, 4.69) is 56.3 Å². The van der Waals surface area contributed by atoms with Crippen LogP contribution in [0.1, 0.15) is 54.4 Å². The van der Waals surface area contributed by atoms with Crippen LogP contribution in [0.3, 0.4) is 0 Å². The number of hydrogen-bond donors (Lipinski definition) is 1. The van der Waals surface area contributed by atoms with Gasteiger partial charge in [-0.3, -0.25) is 0 Å². The van der Waals surface area contributed by atoms with Crippen molar-refractivity contribution in [1.82, 2.24) is 0 Å². The van der Waals surface area contributed by atoms with Crippen LogP contribution >= 0.6 is 0 Å². The minimum Gasteiger partial charge on any atom is -0.330 e. The molecule has 3 rings (SSSR count). The first-order chi connectivity index (χ1) is 14.5. The fraction of sp³-hybridized carbons (Fsp3) is 0.333. The van der Waals surface area contributed by atoms with Gasteiger partial charge in [-0.05, 0) is 78.2 Å². The van der Waals surface area contributed by atoms with Gasteiger partial charge in [0.05, 0.1) is 0 Å². The van der Waals surface area contributed by atoms with Crippen LogP contribution in [0, 0.1) is 18.6 Å². The van der Waals surface area contributed by atoms with Gasteiger partial charge in [0.15, 0.2) is 0 Å². The largest absolute Gasteiger partial charge is 0.330 e. The molecule has 30 heavy (non-hydrogen) atoms. The molecule has 3 aromatic rings. The zero-order valence-corrected chi connectivity index (χ0v) is 17.9. The number of rotatable bonds is 9. The Hall–Kier alpha value is -2.52. The van der Waals surface area contributed by atoms with Crippen LogP contribution in [0.4, 0.5) is 8.78 Å². The highest BCUT2D eigenvalue weighted by molar-refractivity contribution is 5.68. The van der Waals surface area contributed by atoms with E-state index in [1.54, 1.807) is 0 Å². The SMILES string of the molecule is CCCCCc1ccccc1-c1ccc(C(CN)Cc2cc(F)cc(F)c2)c(C)c1. The topological polar surface area (TPSA) is 26.0 Å². The van der Waals surface area contributed by atoms with Gasteiger partial charge < -0.3 is 5.73 Å². The first-order valence-electron chi connectivity index (χ1n) is 10.9. The fourth-order valence-electron chi connectivity index (χ4n) is 4.22. The van der Waals surface area contributed by atoms with Crippen LogP contribution < -0.4 is 5.73 Å². The highest BCUT2D eigenvalue weighted by Crippen LogP contribution is 2.30. The quantitative estimate of drug-likeness (QED) is 0.381. The predicted molar refractivity (Wildman–Crippen MR) is 122 cm³/mol. The normalized spacial score (nSPS) is 12.2. The summed E-state index contributed by atoms with van der Waals surface area (Å²) in [5, 5.41) is 0. The number of nitrogens with two attached hydrogens (primary N) is 1. The molecule has 1 unspecified atom stereocenters. The minimum atomic E-state index is -0.549. The third kappa shape index (κ3) is 5.54. The summed E-state index contributed by atoms with van der Waals surface area (Å²) in [6.07, 6.45) is 5.25. The molecule has 158 valence electrons. The van der Waals surface area contributed by atoms with Gasteiger partial charge in [0.25, 0.3) is 0 Å². The molecule has 0 heterocycles. The first-order valence-corrected chi connectivity index (χ1v) is 10.9. The van der Waals surface area contributed by atoms with Crippen molar-refractivity contribution in [3.05, 3.63) is 94.6 Å². The Morgan fingerprint density at radius 2 is 1.63 bits per heavy atom. The maximum absolute atomic E-state index is 13.6. The molecule has 0 amide bonds. The van der Waals surface area contributed by atoms with E-state index in [9.17, 15) is 8.78 Å². The summed E-state index contributed by atoms with van der Waals surface area (Å²) >= 11 is 0. The van der Waals surface area contributed by atoms with Crippen LogP contribution in [-0.2, 0) is 12.8 Å². The van der Waals surface area contributed by atoms with Crippen molar-refractivity contribution < 1.29 is 8.78 Å². The Balaban J connectivity index is 1.85. The lowest BCUT2D eigenvalue weighted by Gasteiger charge is -2.19. The molecule has 0 aliphatic carbocycles. The average Bonchev–Trinajstić information content (AvgIpc) is 2.72. The molecule has 0 aromatic heterocycles. The molecular weight excluding hydrogens is 376 g/mol. The van der Waals surface area contributed by atoms with Crippen molar-refractivity contribution in [3.63, 3.8) is 0 Å². The molecule has 2 N–H and O–H groups in total. The maximum atomic E-state index is 13.6. The maximum Gasteiger partial charge on any atom is 0.126 e. The van der Waals surface area contributed by atoms with Gasteiger partial charge in [0, 0.05) is 12.0 Å². The summed E-state index contributed by atoms with van der Waals surface area (Å²) in [5.41, 5.74) is 12.8. The molecule has 0 aliphatic heterocycles. The molecule has 1 atom stereocenters. The molecule has 0 fully saturated rings. The van der Waals surface area contributed by atoms with Crippen molar-refractivity contribution in [3.8, 4) is 11.1 Å². The van der Waals surface area contributed by atoms with Crippen molar-refractivity contribution in [2.45, 2.75) is 51.9 Å². The van der Waals surface area contributed by atoms with Crippen LogP contribution in [0.15, 0.2) is 60.7 Å². The van der Waals surface area contributed by atoms with Crippen LogP contribution in [-0.4, -0.2) is 6.54 Å². The molecule has 0 bridgehead atoms. The summed E-state index contributed by atoms with van der Waals surface area (Å²) in [6, 6.07) is 18.8. The third-order valence-corrected chi connectivity index (χ3v) is 5.78. The van der Waals surface area contributed by atoms with E-state index in [0.717, 1.165) is 23.6 Å². The molecular formula is C27H31F2N. The molecule has 3 aromatic carbocycles. The number of hydrogen-bond acceptors (Lipinski definition) is 1. The monoisotopic (exact) mass is 407 g/mol. The van der Waals surface area contributed by atoms with E-state index in [-0.39, 0.29) is 5.92 Å². The van der Waals surface area contributed by atoms with Crippen molar-refractivity contribution >= 4 is 0 Å². The van der Waals surface area contributed by atoms with Crippen LogP contribution in [0.5, 0.6) is 0 Å². The van der Waals surface area contributed by atoms with Gasteiger partial charge in [0.1, 0.15) is 11.6 Å². The Kier molecular flexibility index (Phi) is 7.75. The predicted octanol–water partition coefficient (Wildman–Crippen LogP) is 6.96. The molecule has 0 saturated heterocycles. The Morgan fingerprint density at radius 3 is 2.30 bits per heavy atom. The van der Waals surface area contributed by atoms with E-state index in [1.807, 2.05) is 0 Å². The summed E-state index contributed by atoms with van der Waals surface area (Å²) in [5.74, 6) is -1.08. The third-order valence-electron chi connectivity index (χ3n) is 5.78. The smallest absolute Gasteiger partial charge is 0.126 e. The second kappa shape index (κ2) is 10.5. The van der Waals surface area contributed by atoms with Crippen LogP contribution in [0.2, 0.25) is 0 Å². The van der Waals surface area contributed by atoms with Gasteiger partial charge in [-0.1, -0.05) is 62.2 Å². The van der Waals surface area contributed by atoms with Gasteiger partial charge in [-0.25, -0.2) is 8.78 Å². The Morgan fingerprint density at radius 1 is 0.900 bits per heavy atom. The number of benzene rings is 3. The average molecular weight is 408 g/mol. The minimum absolute atomic E-state index is 0.0139. The fourth-order valence-corrected chi connectivity index (χ4v) is 4.22. The molecule has 1 nitrogen and oxygen atoms in total. The number of unbranched alkanes of at least 4 members (excludes halogenated alkanes) is 2. The molecule has 3 heteroatoms. The summed E-state index contributed by atoms with van der Waals surface area (Å²) in [6.45, 7) is 4.74. The molecule has 0 aliphatic rings. The molecule has 0 spiro atoms. The number of aryl methyl sites for hydroxylation is 2. The van der Waals surface area contributed by atoms with Crippen molar-refractivity contribution in [2.75, 3.05) is 6.54 Å².